The topological polar surface area (TPSA) is 57.7 Å². The molecule has 0 N–H and O–H groups in total. The number of benzene rings is 1. The van der Waals surface area contributed by atoms with Gasteiger partial charge in [0.1, 0.15) is 16.5 Å². The van der Waals surface area contributed by atoms with Crippen LogP contribution in [-0.2, 0) is 9.53 Å². The lowest BCUT2D eigenvalue weighted by Gasteiger charge is -2.18. The number of hydrogen-bond donors (Lipinski definition) is 0. The van der Waals surface area contributed by atoms with Gasteiger partial charge in [-0.1, -0.05) is 0 Å². The highest BCUT2D eigenvalue weighted by molar-refractivity contribution is 7.95. The molecule has 10 heteroatoms. The molecule has 27 heavy (non-hydrogen) atoms. The molecule has 0 aliphatic heterocycles. The Bertz CT molecular complexity index is 780. The van der Waals surface area contributed by atoms with Crippen LogP contribution in [-0.4, -0.2) is 30.2 Å². The summed E-state index contributed by atoms with van der Waals surface area (Å²) in [6, 6.07) is 4.30. The lowest BCUT2D eigenvalue weighted by atomic mass is 9.95. The van der Waals surface area contributed by atoms with Crippen LogP contribution in [0.1, 0.15) is 34.7 Å². The molecule has 1 atom stereocenters. The highest BCUT2D eigenvalue weighted by Gasteiger charge is 2.32. The molecule has 0 fully saturated rings. The van der Waals surface area contributed by atoms with Crippen LogP contribution < -0.4 is 8.92 Å². The third-order valence-corrected chi connectivity index (χ3v) is 4.91. The van der Waals surface area contributed by atoms with Crippen LogP contribution >= 0.6 is 23.4 Å². The van der Waals surface area contributed by atoms with Crippen LogP contribution in [0.5, 0.6) is 11.5 Å². The summed E-state index contributed by atoms with van der Waals surface area (Å²) in [6.07, 6.45) is 1.65. The van der Waals surface area contributed by atoms with Crippen LogP contribution in [0, 0.1) is 6.92 Å². The Labute approximate surface area is 163 Å². The van der Waals surface area contributed by atoms with E-state index in [0.29, 0.717) is 16.3 Å². The molecule has 2 rings (SSSR count). The van der Waals surface area contributed by atoms with Gasteiger partial charge in [-0.3, -0.25) is 4.79 Å². The van der Waals surface area contributed by atoms with Crippen LogP contribution in [0.3, 0.4) is 0 Å². The minimum atomic E-state index is -4.53. The summed E-state index contributed by atoms with van der Waals surface area (Å²) in [7, 11) is 1.44. The number of aromatic nitrogens is 1. The van der Waals surface area contributed by atoms with E-state index in [1.54, 1.807) is 13.1 Å². The summed E-state index contributed by atoms with van der Waals surface area (Å²) in [5.41, 5.74) is -4.03. The summed E-state index contributed by atoms with van der Waals surface area (Å²) < 4.78 is 52.4. The van der Waals surface area contributed by atoms with E-state index >= 15 is 0 Å². The van der Waals surface area contributed by atoms with E-state index in [4.69, 9.17) is 13.7 Å². The number of esters is 1. The average Bonchev–Trinajstić information content (AvgIpc) is 3.03. The van der Waals surface area contributed by atoms with Crippen molar-refractivity contribution in [3.63, 3.8) is 0 Å². The summed E-state index contributed by atoms with van der Waals surface area (Å²) in [5, 5.41) is 0.638. The first-order chi connectivity index (χ1) is 12.7. The van der Waals surface area contributed by atoms with Crippen LogP contribution in [0.25, 0.3) is 0 Å². The zero-order valence-corrected chi connectivity index (χ0v) is 16.5. The molecule has 1 aromatic carbocycles. The fraction of sp³-hybridized carbons (Fsp3) is 0.412. The van der Waals surface area contributed by atoms with E-state index in [-0.39, 0.29) is 18.8 Å². The molecule has 5 nitrogen and oxygen atoms in total. The zero-order valence-electron chi connectivity index (χ0n) is 14.8. The first kappa shape index (κ1) is 21.4. The lowest BCUT2D eigenvalue weighted by Crippen LogP contribution is -2.12. The number of thiazole rings is 1. The average molecular weight is 421 g/mol. The second kappa shape index (κ2) is 9.32. The minimum Gasteiger partial charge on any atom is -0.496 e. The molecule has 148 valence electrons. The Kier molecular flexibility index (Phi) is 7.37. The Morgan fingerprint density at radius 2 is 2.11 bits per heavy atom. The molecule has 1 unspecified atom stereocenters. The number of alkyl halides is 3. The fourth-order valence-corrected chi connectivity index (χ4v) is 3.57. The minimum absolute atomic E-state index is 0.00439. The Morgan fingerprint density at radius 1 is 1.37 bits per heavy atom. The van der Waals surface area contributed by atoms with E-state index in [0.717, 1.165) is 4.88 Å². The molecule has 1 heterocycles. The second-order valence-corrected chi connectivity index (χ2v) is 7.45. The summed E-state index contributed by atoms with van der Waals surface area (Å²) >= 11 is 0.790. The lowest BCUT2D eigenvalue weighted by molar-refractivity contribution is -0.143. The Morgan fingerprint density at radius 3 is 2.67 bits per heavy atom. The molecular weight excluding hydrogens is 403 g/mol. The zero-order chi connectivity index (χ0) is 20.0. The van der Waals surface area contributed by atoms with Crippen LogP contribution in [0.15, 0.2) is 24.4 Å². The van der Waals surface area contributed by atoms with Gasteiger partial charge in [-0.15, -0.1) is 11.3 Å². The predicted octanol–water partition coefficient (Wildman–Crippen LogP) is 5.09. The smallest absolute Gasteiger partial charge is 0.479 e. The van der Waals surface area contributed by atoms with Gasteiger partial charge in [0, 0.05) is 16.6 Å². The van der Waals surface area contributed by atoms with Gasteiger partial charge in [-0.05, 0) is 32.0 Å². The van der Waals surface area contributed by atoms with E-state index in [1.807, 2.05) is 6.92 Å². The largest absolute Gasteiger partial charge is 0.496 e. The maximum atomic E-state index is 12.4. The number of hydrogen-bond acceptors (Lipinski definition) is 7. The highest BCUT2D eigenvalue weighted by atomic mass is 32.2. The number of rotatable bonds is 8. The number of nitrogens with zero attached hydrogens (tertiary/aromatic N) is 1. The summed E-state index contributed by atoms with van der Waals surface area (Å²) in [4.78, 5) is 17.3. The SMILES string of the molecule is CCOC(=O)CC(c1ncc(C)s1)c1cc(OSC(F)(F)F)ccc1OC. The van der Waals surface area contributed by atoms with Gasteiger partial charge in [0.25, 0.3) is 0 Å². The van der Waals surface area contributed by atoms with Crippen molar-refractivity contribution in [2.45, 2.75) is 31.7 Å². The Hall–Kier alpha value is -1.94. The third kappa shape index (κ3) is 6.31. The first-order valence-corrected chi connectivity index (χ1v) is 9.47. The summed E-state index contributed by atoms with van der Waals surface area (Å²) in [6.45, 7) is 3.80. The number of aryl methyl sites for hydroxylation is 1. The van der Waals surface area contributed by atoms with Gasteiger partial charge in [0.05, 0.1) is 26.1 Å². The van der Waals surface area contributed by atoms with Crippen molar-refractivity contribution < 1.29 is 31.6 Å². The van der Waals surface area contributed by atoms with Crippen molar-refractivity contribution in [2.75, 3.05) is 13.7 Å². The van der Waals surface area contributed by atoms with Gasteiger partial charge in [-0.25, -0.2) is 4.98 Å². The molecule has 0 aliphatic rings. The quantitative estimate of drug-likeness (QED) is 0.437. The van der Waals surface area contributed by atoms with Crippen molar-refractivity contribution in [2.24, 2.45) is 0 Å². The molecular formula is C17H18F3NO4S2. The van der Waals surface area contributed by atoms with E-state index in [9.17, 15) is 18.0 Å². The molecule has 1 aromatic heterocycles. The molecule has 0 saturated heterocycles. The normalized spacial score (nSPS) is 12.5. The first-order valence-electron chi connectivity index (χ1n) is 7.91. The summed E-state index contributed by atoms with van der Waals surface area (Å²) in [5.74, 6) is -0.553. The standard InChI is InChI=1S/C17H18F3NO4S2/c1-4-24-15(22)8-13(16-21-9-10(2)26-16)12-7-11(5-6-14(12)23-3)25-27-17(18,19)20/h5-7,9,13H,4,8H2,1-3H3. The van der Waals surface area contributed by atoms with Crippen LogP contribution in [0.4, 0.5) is 13.2 Å². The van der Waals surface area contributed by atoms with Gasteiger partial charge in [0.2, 0.25) is 0 Å². The number of carbonyl (C=O) groups is 1. The fourth-order valence-electron chi connectivity index (χ4n) is 2.38. The van der Waals surface area contributed by atoms with Crippen LogP contribution in [0.2, 0.25) is 0 Å². The van der Waals surface area contributed by atoms with E-state index in [2.05, 4.69) is 4.98 Å². The number of methoxy groups -OCH3 is 1. The molecule has 2 aromatic rings. The third-order valence-electron chi connectivity index (χ3n) is 3.42. The molecule has 0 radical (unpaired) electrons. The van der Waals surface area contributed by atoms with Gasteiger partial charge < -0.3 is 13.7 Å². The van der Waals surface area contributed by atoms with Crippen molar-refractivity contribution in [1.29, 1.82) is 0 Å². The molecule has 0 spiro atoms. The number of carbonyl (C=O) groups excluding carboxylic acids is 1. The number of ether oxygens (including phenoxy) is 2. The predicted molar refractivity (Wildman–Crippen MR) is 97.2 cm³/mol. The number of halogens is 3. The molecule has 0 amide bonds. The molecule has 0 bridgehead atoms. The van der Waals surface area contributed by atoms with E-state index < -0.39 is 29.4 Å². The second-order valence-electron chi connectivity index (χ2n) is 5.39. The van der Waals surface area contributed by atoms with Crippen molar-refractivity contribution in [3.8, 4) is 11.5 Å². The van der Waals surface area contributed by atoms with Crippen molar-refractivity contribution in [3.05, 3.63) is 39.8 Å². The highest BCUT2D eigenvalue weighted by Crippen LogP contribution is 2.40. The molecule has 0 saturated carbocycles. The molecule has 0 aliphatic carbocycles. The van der Waals surface area contributed by atoms with E-state index in [1.165, 1.54) is 36.6 Å². The van der Waals surface area contributed by atoms with Gasteiger partial charge in [0.15, 0.2) is 12.0 Å². The Balaban J connectivity index is 2.40. The van der Waals surface area contributed by atoms with Crippen molar-refractivity contribution >= 4 is 29.3 Å². The van der Waals surface area contributed by atoms with Gasteiger partial charge >= 0.3 is 11.5 Å². The maximum absolute atomic E-state index is 12.4. The maximum Gasteiger partial charge on any atom is 0.479 e. The monoisotopic (exact) mass is 421 g/mol. The van der Waals surface area contributed by atoms with Crippen molar-refractivity contribution in [1.82, 2.24) is 4.98 Å². The van der Waals surface area contributed by atoms with Gasteiger partial charge in [-0.2, -0.15) is 13.2 Å².